The predicted octanol–water partition coefficient (Wildman–Crippen LogP) is 2.39. The maximum Gasteiger partial charge on any atom is 0.0639 e. The van der Waals surface area contributed by atoms with Gasteiger partial charge in [0.05, 0.1) is 10.7 Å². The first-order valence-electron chi connectivity index (χ1n) is 6.03. The van der Waals surface area contributed by atoms with Crippen LogP contribution in [-0.2, 0) is 0 Å². The standard InChI is InChI=1S/C13H17ClN2/c14-12-3-1-2-4-13(12)16-8-10-5-11(9-16)7-15-6-10/h1-4,10-11,15H,5-9H2. The van der Waals surface area contributed by atoms with Crippen LogP contribution in [-0.4, -0.2) is 26.2 Å². The van der Waals surface area contributed by atoms with Crippen molar-refractivity contribution < 1.29 is 0 Å². The highest BCUT2D eigenvalue weighted by atomic mass is 35.5. The van der Waals surface area contributed by atoms with Crippen LogP contribution in [0.15, 0.2) is 24.3 Å². The lowest BCUT2D eigenvalue weighted by molar-refractivity contribution is 0.250. The fraction of sp³-hybridized carbons (Fsp3) is 0.538. The molecule has 86 valence electrons. The number of piperidine rings is 2. The molecule has 1 aromatic rings. The minimum Gasteiger partial charge on any atom is -0.370 e. The van der Waals surface area contributed by atoms with Crippen LogP contribution < -0.4 is 10.2 Å². The van der Waals surface area contributed by atoms with E-state index in [9.17, 15) is 0 Å². The van der Waals surface area contributed by atoms with Gasteiger partial charge in [-0.05, 0) is 43.5 Å². The number of hydrogen-bond acceptors (Lipinski definition) is 2. The van der Waals surface area contributed by atoms with Gasteiger partial charge in [0.1, 0.15) is 0 Å². The zero-order valence-electron chi connectivity index (χ0n) is 9.32. The van der Waals surface area contributed by atoms with Gasteiger partial charge in [-0.25, -0.2) is 0 Å². The molecule has 0 saturated carbocycles. The van der Waals surface area contributed by atoms with Crippen molar-refractivity contribution in [2.24, 2.45) is 11.8 Å². The van der Waals surface area contributed by atoms with E-state index in [1.165, 1.54) is 12.1 Å². The van der Waals surface area contributed by atoms with Crippen LogP contribution in [0, 0.1) is 11.8 Å². The number of halogens is 1. The number of nitrogens with one attached hydrogen (secondary N) is 1. The smallest absolute Gasteiger partial charge is 0.0639 e. The zero-order valence-corrected chi connectivity index (χ0v) is 10.1. The first-order valence-corrected chi connectivity index (χ1v) is 6.41. The third kappa shape index (κ3) is 1.92. The van der Waals surface area contributed by atoms with Gasteiger partial charge in [0.2, 0.25) is 0 Å². The van der Waals surface area contributed by atoms with Crippen molar-refractivity contribution in [3.8, 4) is 0 Å². The SMILES string of the molecule is Clc1ccccc1N1CC2CNCC(C2)C1. The van der Waals surface area contributed by atoms with Crippen molar-refractivity contribution in [3.05, 3.63) is 29.3 Å². The summed E-state index contributed by atoms with van der Waals surface area (Å²) in [6.45, 7) is 4.62. The molecule has 1 aromatic carbocycles. The highest BCUT2D eigenvalue weighted by Gasteiger charge is 2.30. The molecule has 0 aromatic heterocycles. The molecule has 2 atom stereocenters. The predicted molar refractivity (Wildman–Crippen MR) is 68.1 cm³/mol. The summed E-state index contributed by atoms with van der Waals surface area (Å²) in [6, 6.07) is 8.19. The third-order valence-corrected chi connectivity index (χ3v) is 4.00. The molecule has 0 aliphatic carbocycles. The summed E-state index contributed by atoms with van der Waals surface area (Å²) in [7, 11) is 0. The molecule has 1 N–H and O–H groups in total. The molecule has 3 heteroatoms. The van der Waals surface area contributed by atoms with E-state index in [1.807, 2.05) is 12.1 Å². The number of fused-ring (bicyclic) bond motifs is 2. The summed E-state index contributed by atoms with van der Waals surface area (Å²) >= 11 is 6.26. The topological polar surface area (TPSA) is 15.3 Å². The maximum absolute atomic E-state index is 6.26. The highest BCUT2D eigenvalue weighted by Crippen LogP contribution is 2.32. The minimum atomic E-state index is 0.795. The number of rotatable bonds is 1. The van der Waals surface area contributed by atoms with Crippen LogP contribution in [0.4, 0.5) is 5.69 Å². The molecular weight excluding hydrogens is 220 g/mol. The summed E-state index contributed by atoms with van der Waals surface area (Å²) < 4.78 is 0. The Morgan fingerprint density at radius 1 is 1.12 bits per heavy atom. The molecule has 2 aliphatic heterocycles. The van der Waals surface area contributed by atoms with Gasteiger partial charge in [-0.15, -0.1) is 0 Å². The summed E-state index contributed by atoms with van der Waals surface area (Å²) in [4.78, 5) is 2.46. The molecule has 0 spiro atoms. The molecule has 0 radical (unpaired) electrons. The Hall–Kier alpha value is -0.730. The van der Waals surface area contributed by atoms with Gasteiger partial charge >= 0.3 is 0 Å². The van der Waals surface area contributed by atoms with Crippen molar-refractivity contribution in [1.29, 1.82) is 0 Å². The molecule has 0 amide bonds. The minimum absolute atomic E-state index is 0.795. The lowest BCUT2D eigenvalue weighted by Crippen LogP contribution is -2.51. The summed E-state index contributed by atoms with van der Waals surface area (Å²) in [5.41, 5.74) is 1.21. The van der Waals surface area contributed by atoms with E-state index >= 15 is 0 Å². The molecule has 3 rings (SSSR count). The van der Waals surface area contributed by atoms with E-state index in [1.54, 1.807) is 0 Å². The van der Waals surface area contributed by atoms with Gasteiger partial charge in [-0.3, -0.25) is 0 Å². The van der Waals surface area contributed by atoms with Crippen LogP contribution >= 0.6 is 11.6 Å². The molecule has 2 unspecified atom stereocenters. The molecule has 2 fully saturated rings. The number of hydrogen-bond donors (Lipinski definition) is 1. The fourth-order valence-electron chi connectivity index (χ4n) is 3.01. The molecule has 2 saturated heterocycles. The van der Waals surface area contributed by atoms with Crippen molar-refractivity contribution >= 4 is 17.3 Å². The summed E-state index contributed by atoms with van der Waals surface area (Å²) in [5.74, 6) is 1.59. The van der Waals surface area contributed by atoms with E-state index in [0.717, 1.165) is 43.0 Å². The second-order valence-electron chi connectivity index (χ2n) is 4.98. The second kappa shape index (κ2) is 4.27. The van der Waals surface area contributed by atoms with E-state index in [2.05, 4.69) is 22.3 Å². The van der Waals surface area contributed by atoms with Crippen molar-refractivity contribution in [3.63, 3.8) is 0 Å². The van der Waals surface area contributed by atoms with Gasteiger partial charge in [0.25, 0.3) is 0 Å². The largest absolute Gasteiger partial charge is 0.370 e. The molecule has 16 heavy (non-hydrogen) atoms. The van der Waals surface area contributed by atoms with Gasteiger partial charge < -0.3 is 10.2 Å². The van der Waals surface area contributed by atoms with Crippen molar-refractivity contribution in [2.45, 2.75) is 6.42 Å². The van der Waals surface area contributed by atoms with Crippen LogP contribution in [0.5, 0.6) is 0 Å². The van der Waals surface area contributed by atoms with Crippen LogP contribution in [0.2, 0.25) is 5.02 Å². The van der Waals surface area contributed by atoms with Crippen LogP contribution in [0.1, 0.15) is 6.42 Å². The van der Waals surface area contributed by atoms with E-state index in [0.29, 0.717) is 0 Å². The fourth-order valence-corrected chi connectivity index (χ4v) is 3.27. The quantitative estimate of drug-likeness (QED) is 0.806. The number of nitrogens with zero attached hydrogens (tertiary/aromatic N) is 1. The average molecular weight is 237 g/mol. The Kier molecular flexibility index (Phi) is 2.78. The van der Waals surface area contributed by atoms with Gasteiger partial charge in [-0.1, -0.05) is 23.7 Å². The maximum atomic E-state index is 6.26. The molecule has 2 nitrogen and oxygen atoms in total. The normalized spacial score (nSPS) is 29.2. The lowest BCUT2D eigenvalue weighted by Gasteiger charge is -2.43. The molecule has 2 bridgehead atoms. The highest BCUT2D eigenvalue weighted by molar-refractivity contribution is 6.33. The van der Waals surface area contributed by atoms with Crippen molar-refractivity contribution in [1.82, 2.24) is 5.32 Å². The van der Waals surface area contributed by atoms with Crippen molar-refractivity contribution in [2.75, 3.05) is 31.1 Å². The van der Waals surface area contributed by atoms with Crippen LogP contribution in [0.3, 0.4) is 0 Å². The molecular formula is C13H17ClN2. The first-order chi connectivity index (χ1) is 7.83. The van der Waals surface area contributed by atoms with Gasteiger partial charge in [-0.2, -0.15) is 0 Å². The zero-order chi connectivity index (χ0) is 11.0. The molecule has 2 heterocycles. The monoisotopic (exact) mass is 236 g/mol. The third-order valence-electron chi connectivity index (χ3n) is 3.68. The summed E-state index contributed by atoms with van der Waals surface area (Å²) in [5, 5.41) is 4.40. The van der Waals surface area contributed by atoms with Gasteiger partial charge in [0, 0.05) is 13.1 Å². The number of anilines is 1. The Bertz CT molecular complexity index is 368. The Labute approximate surface area is 102 Å². The first kappa shape index (κ1) is 10.4. The second-order valence-corrected chi connectivity index (χ2v) is 5.39. The Morgan fingerprint density at radius 2 is 1.81 bits per heavy atom. The van der Waals surface area contributed by atoms with E-state index in [-0.39, 0.29) is 0 Å². The number of benzene rings is 1. The van der Waals surface area contributed by atoms with Crippen LogP contribution in [0.25, 0.3) is 0 Å². The lowest BCUT2D eigenvalue weighted by atomic mass is 9.85. The van der Waals surface area contributed by atoms with E-state index < -0.39 is 0 Å². The Balaban J connectivity index is 1.83. The Morgan fingerprint density at radius 3 is 2.50 bits per heavy atom. The summed E-state index contributed by atoms with van der Waals surface area (Å²) in [6.07, 6.45) is 1.38. The average Bonchev–Trinajstić information content (AvgIpc) is 2.29. The number of para-hydroxylation sites is 1. The molecule has 2 aliphatic rings. The van der Waals surface area contributed by atoms with E-state index in [4.69, 9.17) is 11.6 Å². The van der Waals surface area contributed by atoms with Gasteiger partial charge in [0.15, 0.2) is 0 Å².